The fourth-order valence-electron chi connectivity index (χ4n) is 2.17. The van der Waals surface area contributed by atoms with Crippen LogP contribution in [0.4, 0.5) is 0 Å². The Balaban J connectivity index is 2.00. The van der Waals surface area contributed by atoms with Gasteiger partial charge in [0.2, 0.25) is 5.91 Å². The SMILES string of the molecule is COc1cc(OC)c(OC)cc1/C=C/C(=O)NCCc1cccs1. The number of nitrogens with one attached hydrogen (secondary N) is 1. The van der Waals surface area contributed by atoms with Crippen LogP contribution in [0.15, 0.2) is 35.7 Å². The molecule has 0 aliphatic carbocycles. The van der Waals surface area contributed by atoms with Gasteiger partial charge in [-0.05, 0) is 30.0 Å². The van der Waals surface area contributed by atoms with Crippen LogP contribution in [0.25, 0.3) is 6.08 Å². The normalized spacial score (nSPS) is 10.6. The molecule has 0 aliphatic rings. The van der Waals surface area contributed by atoms with E-state index in [0.29, 0.717) is 23.8 Å². The van der Waals surface area contributed by atoms with Gasteiger partial charge in [0.25, 0.3) is 0 Å². The lowest BCUT2D eigenvalue weighted by Gasteiger charge is -2.12. The Morgan fingerprint density at radius 3 is 2.46 bits per heavy atom. The van der Waals surface area contributed by atoms with Crippen LogP contribution in [0.1, 0.15) is 10.4 Å². The Bertz CT molecular complexity index is 695. The van der Waals surface area contributed by atoms with Crippen LogP contribution in [-0.4, -0.2) is 33.8 Å². The lowest BCUT2D eigenvalue weighted by Crippen LogP contribution is -2.23. The van der Waals surface area contributed by atoms with Crippen LogP contribution in [0, 0.1) is 0 Å². The van der Waals surface area contributed by atoms with Crippen LogP contribution in [0.5, 0.6) is 17.2 Å². The molecule has 24 heavy (non-hydrogen) atoms. The highest BCUT2D eigenvalue weighted by molar-refractivity contribution is 7.09. The summed E-state index contributed by atoms with van der Waals surface area (Å²) in [5.41, 5.74) is 0.739. The quantitative estimate of drug-likeness (QED) is 0.746. The van der Waals surface area contributed by atoms with Crippen molar-refractivity contribution in [3.63, 3.8) is 0 Å². The number of hydrogen-bond acceptors (Lipinski definition) is 5. The molecule has 0 spiro atoms. The van der Waals surface area contributed by atoms with E-state index in [2.05, 4.69) is 11.4 Å². The predicted molar refractivity (Wildman–Crippen MR) is 96.2 cm³/mol. The van der Waals surface area contributed by atoms with E-state index in [1.165, 1.54) is 11.0 Å². The second kappa shape index (κ2) is 8.98. The maximum absolute atomic E-state index is 11.9. The second-order valence-corrected chi connectivity index (χ2v) is 5.94. The van der Waals surface area contributed by atoms with Gasteiger partial charge in [0.15, 0.2) is 11.5 Å². The molecule has 1 aromatic carbocycles. The van der Waals surface area contributed by atoms with Crippen molar-refractivity contribution in [3.05, 3.63) is 46.2 Å². The average molecular weight is 347 g/mol. The molecule has 0 bridgehead atoms. The maximum Gasteiger partial charge on any atom is 0.244 e. The smallest absolute Gasteiger partial charge is 0.244 e. The molecule has 128 valence electrons. The van der Waals surface area contributed by atoms with Crippen LogP contribution in [0.3, 0.4) is 0 Å². The molecular weight excluding hydrogens is 326 g/mol. The summed E-state index contributed by atoms with van der Waals surface area (Å²) in [5.74, 6) is 1.61. The van der Waals surface area contributed by atoms with Gasteiger partial charge in [0.1, 0.15) is 5.75 Å². The number of amides is 1. The first-order chi connectivity index (χ1) is 11.7. The molecule has 2 aromatic rings. The molecule has 6 heteroatoms. The van der Waals surface area contributed by atoms with Crippen LogP contribution >= 0.6 is 11.3 Å². The molecular formula is C18H21NO4S. The van der Waals surface area contributed by atoms with Crippen LogP contribution in [-0.2, 0) is 11.2 Å². The first-order valence-electron chi connectivity index (χ1n) is 7.46. The van der Waals surface area contributed by atoms with Gasteiger partial charge in [0.05, 0.1) is 21.3 Å². The number of ether oxygens (including phenoxy) is 3. The number of carbonyl (C=O) groups excluding carboxylic acids is 1. The fourth-order valence-corrected chi connectivity index (χ4v) is 2.88. The standard InChI is InChI=1S/C18H21NO4S/c1-21-15-12-17(23-3)16(22-2)11-13(15)6-7-18(20)19-9-8-14-5-4-10-24-14/h4-7,10-12H,8-9H2,1-3H3,(H,19,20)/b7-6+. The van der Waals surface area contributed by atoms with Gasteiger partial charge in [-0.3, -0.25) is 4.79 Å². The lowest BCUT2D eigenvalue weighted by atomic mass is 10.1. The summed E-state index contributed by atoms with van der Waals surface area (Å²) in [6.07, 6.45) is 4.01. The molecule has 1 amide bonds. The van der Waals surface area contributed by atoms with Gasteiger partial charge in [-0.15, -0.1) is 11.3 Å². The Morgan fingerprint density at radius 1 is 1.12 bits per heavy atom. The van der Waals surface area contributed by atoms with Crippen molar-refractivity contribution in [2.24, 2.45) is 0 Å². The van der Waals surface area contributed by atoms with E-state index < -0.39 is 0 Å². The molecule has 0 saturated heterocycles. The molecule has 1 N–H and O–H groups in total. The number of methoxy groups -OCH3 is 3. The topological polar surface area (TPSA) is 56.8 Å². The molecule has 0 atom stereocenters. The number of hydrogen-bond donors (Lipinski definition) is 1. The van der Waals surface area contributed by atoms with Crippen LogP contribution in [0.2, 0.25) is 0 Å². The second-order valence-electron chi connectivity index (χ2n) is 4.90. The van der Waals surface area contributed by atoms with E-state index in [1.54, 1.807) is 50.9 Å². The van der Waals surface area contributed by atoms with Gasteiger partial charge in [-0.1, -0.05) is 6.07 Å². The van der Waals surface area contributed by atoms with Crippen molar-refractivity contribution >= 4 is 23.3 Å². The Morgan fingerprint density at radius 2 is 1.83 bits per heavy atom. The van der Waals surface area contributed by atoms with Crippen molar-refractivity contribution in [1.82, 2.24) is 5.32 Å². The summed E-state index contributed by atoms with van der Waals surface area (Å²) in [7, 11) is 4.70. The molecule has 0 aliphatic heterocycles. The van der Waals surface area contributed by atoms with E-state index >= 15 is 0 Å². The first kappa shape index (κ1) is 17.9. The van der Waals surface area contributed by atoms with Crippen molar-refractivity contribution in [2.75, 3.05) is 27.9 Å². The number of carbonyl (C=O) groups is 1. The molecule has 1 aromatic heterocycles. The average Bonchev–Trinajstić information content (AvgIpc) is 3.12. The summed E-state index contributed by atoms with van der Waals surface area (Å²) in [6, 6.07) is 7.56. The Hall–Kier alpha value is -2.47. The van der Waals surface area contributed by atoms with Gasteiger partial charge < -0.3 is 19.5 Å². The summed E-state index contributed by atoms with van der Waals surface area (Å²) in [4.78, 5) is 13.2. The molecule has 1 heterocycles. The van der Waals surface area contributed by atoms with E-state index in [9.17, 15) is 4.79 Å². The maximum atomic E-state index is 11.9. The van der Waals surface area contributed by atoms with Gasteiger partial charge in [-0.2, -0.15) is 0 Å². The van der Waals surface area contributed by atoms with Gasteiger partial charge in [-0.25, -0.2) is 0 Å². The number of thiophene rings is 1. The zero-order chi connectivity index (χ0) is 17.4. The Kier molecular flexibility index (Phi) is 6.69. The highest BCUT2D eigenvalue weighted by Crippen LogP contribution is 2.35. The molecule has 0 unspecified atom stereocenters. The van der Waals surface area contributed by atoms with Crippen LogP contribution < -0.4 is 19.5 Å². The minimum absolute atomic E-state index is 0.150. The Labute approximate surface area is 145 Å². The highest BCUT2D eigenvalue weighted by Gasteiger charge is 2.10. The van der Waals surface area contributed by atoms with Gasteiger partial charge in [0, 0.05) is 29.1 Å². The van der Waals surface area contributed by atoms with Crippen molar-refractivity contribution < 1.29 is 19.0 Å². The zero-order valence-corrected chi connectivity index (χ0v) is 14.8. The zero-order valence-electron chi connectivity index (χ0n) is 14.0. The minimum Gasteiger partial charge on any atom is -0.496 e. The molecule has 0 radical (unpaired) electrons. The summed E-state index contributed by atoms with van der Waals surface area (Å²) >= 11 is 1.69. The number of benzene rings is 1. The van der Waals surface area contributed by atoms with Crippen molar-refractivity contribution in [2.45, 2.75) is 6.42 Å². The summed E-state index contributed by atoms with van der Waals surface area (Å²) < 4.78 is 15.8. The summed E-state index contributed by atoms with van der Waals surface area (Å²) in [6.45, 7) is 0.604. The monoisotopic (exact) mass is 347 g/mol. The van der Waals surface area contributed by atoms with Gasteiger partial charge >= 0.3 is 0 Å². The highest BCUT2D eigenvalue weighted by atomic mass is 32.1. The summed E-state index contributed by atoms with van der Waals surface area (Å²) in [5, 5.41) is 4.89. The van der Waals surface area contributed by atoms with E-state index in [4.69, 9.17) is 14.2 Å². The predicted octanol–water partition coefficient (Wildman–Crippen LogP) is 3.15. The third kappa shape index (κ3) is 4.76. The van der Waals surface area contributed by atoms with Crippen molar-refractivity contribution in [3.8, 4) is 17.2 Å². The first-order valence-corrected chi connectivity index (χ1v) is 8.34. The van der Waals surface area contributed by atoms with E-state index in [0.717, 1.165) is 12.0 Å². The molecule has 5 nitrogen and oxygen atoms in total. The minimum atomic E-state index is -0.150. The van der Waals surface area contributed by atoms with E-state index in [1.807, 2.05) is 11.4 Å². The molecule has 2 rings (SSSR count). The third-order valence-corrected chi connectivity index (χ3v) is 4.34. The fraction of sp³-hybridized carbons (Fsp3) is 0.278. The molecule has 0 saturated carbocycles. The third-order valence-electron chi connectivity index (χ3n) is 3.40. The number of rotatable bonds is 8. The largest absolute Gasteiger partial charge is 0.496 e. The lowest BCUT2D eigenvalue weighted by molar-refractivity contribution is -0.116. The van der Waals surface area contributed by atoms with E-state index in [-0.39, 0.29) is 5.91 Å². The molecule has 0 fully saturated rings. The van der Waals surface area contributed by atoms with Crippen molar-refractivity contribution in [1.29, 1.82) is 0 Å².